The number of sulfonamides is 1. The van der Waals surface area contributed by atoms with Crippen molar-refractivity contribution in [1.29, 1.82) is 0 Å². The van der Waals surface area contributed by atoms with Crippen molar-refractivity contribution in [3.63, 3.8) is 0 Å². The van der Waals surface area contributed by atoms with Crippen molar-refractivity contribution in [2.24, 2.45) is 0 Å². The molecule has 6 nitrogen and oxygen atoms in total. The second kappa shape index (κ2) is 9.50. The molecule has 12 heteroatoms. The molecule has 0 spiro atoms. The van der Waals surface area contributed by atoms with Crippen LogP contribution in [-0.4, -0.2) is 21.4 Å². The number of methoxy groups -OCH3 is 1. The first-order valence-electron chi connectivity index (χ1n) is 9.05. The van der Waals surface area contributed by atoms with Crippen LogP contribution >= 0.6 is 23.2 Å². The summed E-state index contributed by atoms with van der Waals surface area (Å²) in [5.74, 6) is -0.470. The molecule has 0 heterocycles. The minimum Gasteiger partial charge on any atom is -0.495 e. The Bertz CT molecular complexity index is 1320. The zero-order valence-corrected chi connectivity index (χ0v) is 19.0. The van der Waals surface area contributed by atoms with Gasteiger partial charge in [-0.2, -0.15) is 13.2 Å². The number of hydrogen-bond donors (Lipinski definition) is 2. The predicted octanol–water partition coefficient (Wildman–Crippen LogP) is 6.07. The van der Waals surface area contributed by atoms with E-state index in [1.165, 1.54) is 25.3 Å². The number of ether oxygens (including phenoxy) is 1. The third-order valence-corrected chi connectivity index (χ3v) is 6.18. The molecule has 3 rings (SSSR count). The average Bonchev–Trinajstić information content (AvgIpc) is 2.74. The van der Waals surface area contributed by atoms with Crippen LogP contribution in [0.1, 0.15) is 15.9 Å². The second-order valence-corrected chi connectivity index (χ2v) is 9.17. The van der Waals surface area contributed by atoms with Gasteiger partial charge in [-0.15, -0.1) is 0 Å². The molecule has 0 saturated carbocycles. The van der Waals surface area contributed by atoms with Gasteiger partial charge in [-0.1, -0.05) is 29.3 Å². The summed E-state index contributed by atoms with van der Waals surface area (Å²) in [4.78, 5) is 12.1. The fourth-order valence-corrected chi connectivity index (χ4v) is 4.29. The standard InChI is InChI=1S/C21H15Cl2F3N2O4S/c1-32-19-8-6-15(11-18(19)27-20(29)12-3-2-4-13(22)9-12)33(30,31)28-17-7-5-14(23)10-16(17)21(24,25)26/h2-11,28H,1H3,(H,27,29). The predicted molar refractivity (Wildman–Crippen MR) is 120 cm³/mol. The van der Waals surface area contributed by atoms with Crippen molar-refractivity contribution >= 4 is 50.5 Å². The molecule has 0 bridgehead atoms. The van der Waals surface area contributed by atoms with E-state index in [4.69, 9.17) is 27.9 Å². The molecule has 0 aliphatic carbocycles. The van der Waals surface area contributed by atoms with Crippen molar-refractivity contribution in [2.45, 2.75) is 11.1 Å². The molecule has 0 unspecified atom stereocenters. The molecule has 0 radical (unpaired) electrons. The van der Waals surface area contributed by atoms with E-state index >= 15 is 0 Å². The van der Waals surface area contributed by atoms with E-state index < -0.39 is 38.3 Å². The van der Waals surface area contributed by atoms with E-state index in [1.807, 2.05) is 4.72 Å². The number of alkyl halides is 3. The van der Waals surface area contributed by atoms with Gasteiger partial charge in [0.1, 0.15) is 5.75 Å². The molecule has 3 aromatic rings. The van der Waals surface area contributed by atoms with Gasteiger partial charge < -0.3 is 10.1 Å². The van der Waals surface area contributed by atoms with Crippen LogP contribution in [-0.2, 0) is 16.2 Å². The van der Waals surface area contributed by atoms with Crippen LogP contribution in [0.25, 0.3) is 0 Å². The largest absolute Gasteiger partial charge is 0.495 e. The van der Waals surface area contributed by atoms with Gasteiger partial charge >= 0.3 is 6.18 Å². The van der Waals surface area contributed by atoms with E-state index in [0.29, 0.717) is 11.1 Å². The first-order chi connectivity index (χ1) is 15.4. The quantitative estimate of drug-likeness (QED) is 0.414. The summed E-state index contributed by atoms with van der Waals surface area (Å²) >= 11 is 11.5. The molecular formula is C21H15Cl2F3N2O4S. The number of hydrogen-bond acceptors (Lipinski definition) is 4. The topological polar surface area (TPSA) is 84.5 Å². The maximum Gasteiger partial charge on any atom is 0.418 e. The van der Waals surface area contributed by atoms with Crippen molar-refractivity contribution in [3.05, 3.63) is 81.8 Å². The first-order valence-corrected chi connectivity index (χ1v) is 11.3. The number of nitrogens with one attached hydrogen (secondary N) is 2. The maximum atomic E-state index is 13.3. The molecule has 0 saturated heterocycles. The zero-order chi connectivity index (χ0) is 24.4. The highest BCUT2D eigenvalue weighted by Crippen LogP contribution is 2.38. The van der Waals surface area contributed by atoms with Gasteiger partial charge in [0.2, 0.25) is 0 Å². The van der Waals surface area contributed by atoms with Crippen molar-refractivity contribution < 1.29 is 31.1 Å². The van der Waals surface area contributed by atoms with Gasteiger partial charge in [0, 0.05) is 15.6 Å². The maximum absolute atomic E-state index is 13.3. The Morgan fingerprint density at radius 1 is 0.939 bits per heavy atom. The second-order valence-electron chi connectivity index (χ2n) is 6.62. The number of halogens is 5. The fraction of sp³-hybridized carbons (Fsp3) is 0.0952. The molecule has 2 N–H and O–H groups in total. The van der Waals surface area contributed by atoms with E-state index in [1.54, 1.807) is 12.1 Å². The van der Waals surface area contributed by atoms with Crippen molar-refractivity contribution in [1.82, 2.24) is 0 Å². The Hall–Kier alpha value is -2.95. The summed E-state index contributed by atoms with van der Waals surface area (Å²) in [6.45, 7) is 0. The SMILES string of the molecule is COc1ccc(S(=O)(=O)Nc2ccc(Cl)cc2C(F)(F)F)cc1NC(=O)c1cccc(Cl)c1. The zero-order valence-electron chi connectivity index (χ0n) is 16.7. The molecule has 0 aliphatic heterocycles. The highest BCUT2D eigenvalue weighted by atomic mass is 35.5. The average molecular weight is 519 g/mol. The lowest BCUT2D eigenvalue weighted by atomic mass is 10.2. The number of rotatable bonds is 6. The summed E-state index contributed by atoms with van der Waals surface area (Å²) in [5.41, 5.74) is -1.77. The van der Waals surface area contributed by atoms with Gasteiger partial charge in [0.25, 0.3) is 15.9 Å². The van der Waals surface area contributed by atoms with Crippen LogP contribution in [0.2, 0.25) is 10.0 Å². The highest BCUT2D eigenvalue weighted by Gasteiger charge is 2.35. The Labute approximate surface area is 197 Å². The third-order valence-electron chi connectivity index (χ3n) is 4.35. The Kier molecular flexibility index (Phi) is 7.11. The van der Waals surface area contributed by atoms with E-state index in [0.717, 1.165) is 24.3 Å². The molecule has 0 fully saturated rings. The van der Waals surface area contributed by atoms with Crippen LogP contribution in [0.4, 0.5) is 24.5 Å². The lowest BCUT2D eigenvalue weighted by molar-refractivity contribution is -0.136. The summed E-state index contributed by atoms with van der Waals surface area (Å²) in [5, 5.41) is 2.62. The van der Waals surface area contributed by atoms with Crippen LogP contribution in [0.5, 0.6) is 5.75 Å². The van der Waals surface area contributed by atoms with Crippen molar-refractivity contribution in [2.75, 3.05) is 17.1 Å². The van der Waals surface area contributed by atoms with E-state index in [2.05, 4.69) is 5.32 Å². The Balaban J connectivity index is 1.96. The van der Waals surface area contributed by atoms with Gasteiger partial charge in [0.05, 0.1) is 28.9 Å². The molecule has 174 valence electrons. The van der Waals surface area contributed by atoms with E-state index in [9.17, 15) is 26.4 Å². The fourth-order valence-electron chi connectivity index (χ4n) is 2.82. The number of benzene rings is 3. The molecule has 3 aromatic carbocycles. The van der Waals surface area contributed by atoms with Crippen LogP contribution < -0.4 is 14.8 Å². The van der Waals surface area contributed by atoms with Crippen molar-refractivity contribution in [3.8, 4) is 5.75 Å². The third kappa shape index (κ3) is 5.89. The molecule has 0 aromatic heterocycles. The summed E-state index contributed by atoms with van der Waals surface area (Å²) in [7, 11) is -3.18. The lowest BCUT2D eigenvalue weighted by Crippen LogP contribution is -2.18. The normalized spacial score (nSPS) is 11.7. The number of amides is 1. The summed E-state index contributed by atoms with van der Waals surface area (Å²) in [6, 6.07) is 12.1. The molecule has 0 atom stereocenters. The van der Waals surface area contributed by atoms with Gasteiger partial charge in [-0.25, -0.2) is 8.42 Å². The number of carbonyl (C=O) groups excluding carboxylic acids is 1. The van der Waals surface area contributed by atoms with Gasteiger partial charge in [-0.05, 0) is 54.6 Å². The van der Waals surface area contributed by atoms with Crippen LogP contribution in [0.15, 0.2) is 65.6 Å². The molecule has 1 amide bonds. The first kappa shape index (κ1) is 24.7. The van der Waals surface area contributed by atoms with Crippen LogP contribution in [0, 0.1) is 0 Å². The Morgan fingerprint density at radius 2 is 1.64 bits per heavy atom. The van der Waals surface area contributed by atoms with Gasteiger partial charge in [-0.3, -0.25) is 9.52 Å². The summed E-state index contributed by atoms with van der Waals surface area (Å²) in [6.07, 6.45) is -4.85. The van der Waals surface area contributed by atoms with E-state index in [-0.39, 0.29) is 22.0 Å². The summed E-state index contributed by atoms with van der Waals surface area (Å²) < 4.78 is 72.7. The minimum absolute atomic E-state index is 0.0162. The molecule has 0 aliphatic rings. The molecular weight excluding hydrogens is 504 g/mol. The smallest absolute Gasteiger partial charge is 0.418 e. The Morgan fingerprint density at radius 3 is 2.27 bits per heavy atom. The van der Waals surface area contributed by atoms with Gasteiger partial charge in [0.15, 0.2) is 0 Å². The monoisotopic (exact) mass is 518 g/mol. The minimum atomic E-state index is -4.85. The number of carbonyl (C=O) groups is 1. The lowest BCUT2D eigenvalue weighted by Gasteiger charge is -2.16. The number of anilines is 2. The van der Waals surface area contributed by atoms with Crippen LogP contribution in [0.3, 0.4) is 0 Å². The molecule has 33 heavy (non-hydrogen) atoms. The highest BCUT2D eigenvalue weighted by molar-refractivity contribution is 7.92.